The van der Waals surface area contributed by atoms with Crippen molar-refractivity contribution >= 4 is 12.0 Å². The highest BCUT2D eigenvalue weighted by atomic mass is 19.1. The molecule has 0 spiro atoms. The Kier molecular flexibility index (Phi) is 5.97. The molecule has 6 nitrogen and oxygen atoms in total. The number of hydrogen-bond acceptors (Lipinski definition) is 4. The number of hydrogen-bond donors (Lipinski definition) is 3. The summed E-state index contributed by atoms with van der Waals surface area (Å²) in [5.74, 6) is -1.46. The summed E-state index contributed by atoms with van der Waals surface area (Å²) in [7, 11) is 0. The number of carbonyl (C=O) groups is 1. The molecule has 0 saturated carbocycles. The minimum atomic E-state index is -1.14. The van der Waals surface area contributed by atoms with E-state index in [2.05, 4.69) is 6.07 Å². The molecule has 160 valence electrons. The number of nitrogens with zero attached hydrogens (tertiary/aromatic N) is 2. The third-order valence-electron chi connectivity index (χ3n) is 5.41. The number of rotatable bonds is 7. The molecule has 0 radical (unpaired) electrons. The van der Waals surface area contributed by atoms with E-state index in [9.17, 15) is 19.4 Å². The summed E-state index contributed by atoms with van der Waals surface area (Å²) in [4.78, 5) is 10.7. The van der Waals surface area contributed by atoms with Gasteiger partial charge in [-0.1, -0.05) is 30.3 Å². The number of aryl methyl sites for hydroxylation is 1. The molecule has 2 aromatic carbocycles. The van der Waals surface area contributed by atoms with Gasteiger partial charge >= 0.3 is 5.97 Å². The Morgan fingerprint density at radius 1 is 1.13 bits per heavy atom. The second-order valence-electron chi connectivity index (χ2n) is 7.67. The summed E-state index contributed by atoms with van der Waals surface area (Å²) in [6.45, 7) is 0. The van der Waals surface area contributed by atoms with Crippen LogP contribution >= 0.6 is 0 Å². The van der Waals surface area contributed by atoms with E-state index in [1.807, 2.05) is 18.2 Å². The molecule has 0 unspecified atom stereocenters. The molecule has 0 saturated heterocycles. The van der Waals surface area contributed by atoms with Crippen molar-refractivity contribution in [3.8, 4) is 16.9 Å². The quantitative estimate of drug-likeness (QED) is 0.543. The van der Waals surface area contributed by atoms with Crippen LogP contribution < -0.4 is 0 Å². The molecule has 31 heavy (non-hydrogen) atoms. The monoisotopic (exact) mass is 422 g/mol. The van der Waals surface area contributed by atoms with E-state index in [0.717, 1.165) is 35.4 Å². The zero-order valence-corrected chi connectivity index (χ0v) is 16.8. The van der Waals surface area contributed by atoms with Crippen LogP contribution in [-0.2, 0) is 17.6 Å². The smallest absolute Gasteiger partial charge is 0.305 e. The van der Waals surface area contributed by atoms with E-state index in [1.54, 1.807) is 22.9 Å². The SMILES string of the molecule is O=C(O)C[C@H](O)C[C@H](O)/C=C/c1c2c(nn1-c1ccc(F)cc1)-c1ccccc1CC2. The standard InChI is InChI=1S/C24H23FN2O4/c25-16-6-8-17(9-7-16)27-22(12-10-18(28)13-19(29)14-23(30)31)21-11-5-15-3-1-2-4-20(15)24(21)26-27/h1-4,6-10,12,18-19,28-29H,5,11,13-14H2,(H,30,31)/b12-10+/t18-,19-/m1/s1. The van der Waals surface area contributed by atoms with Crippen molar-refractivity contribution < 1.29 is 24.5 Å². The molecule has 0 aliphatic heterocycles. The van der Waals surface area contributed by atoms with E-state index < -0.39 is 24.6 Å². The van der Waals surface area contributed by atoms with Crippen LogP contribution in [0.5, 0.6) is 0 Å². The van der Waals surface area contributed by atoms with Gasteiger partial charge in [-0.2, -0.15) is 5.10 Å². The summed E-state index contributed by atoms with van der Waals surface area (Å²) in [5.41, 5.74) is 5.60. The van der Waals surface area contributed by atoms with Crippen molar-refractivity contribution in [1.29, 1.82) is 0 Å². The van der Waals surface area contributed by atoms with Gasteiger partial charge in [-0.15, -0.1) is 0 Å². The Morgan fingerprint density at radius 3 is 2.61 bits per heavy atom. The lowest BCUT2D eigenvalue weighted by Gasteiger charge is -2.15. The normalized spacial score (nSPS) is 14.8. The lowest BCUT2D eigenvalue weighted by Crippen LogP contribution is -2.19. The van der Waals surface area contributed by atoms with Crippen LogP contribution in [0.1, 0.15) is 29.7 Å². The maximum Gasteiger partial charge on any atom is 0.305 e. The number of carboxylic acid groups (broad SMARTS) is 1. The van der Waals surface area contributed by atoms with Crippen molar-refractivity contribution in [3.05, 3.63) is 77.2 Å². The lowest BCUT2D eigenvalue weighted by molar-refractivity contribution is -0.139. The van der Waals surface area contributed by atoms with Gasteiger partial charge in [-0.25, -0.2) is 9.07 Å². The fourth-order valence-electron chi connectivity index (χ4n) is 3.95. The molecule has 0 fully saturated rings. The Morgan fingerprint density at radius 2 is 1.87 bits per heavy atom. The zero-order chi connectivity index (χ0) is 22.0. The molecule has 0 amide bonds. The maximum atomic E-state index is 13.5. The summed E-state index contributed by atoms with van der Waals surface area (Å²) in [6, 6.07) is 14.1. The number of halogens is 1. The molecule has 1 aliphatic rings. The van der Waals surface area contributed by atoms with E-state index >= 15 is 0 Å². The number of benzene rings is 2. The van der Waals surface area contributed by atoms with Crippen molar-refractivity contribution in [1.82, 2.24) is 9.78 Å². The van der Waals surface area contributed by atoms with E-state index in [1.165, 1.54) is 23.8 Å². The number of aromatic nitrogens is 2. The first-order valence-electron chi connectivity index (χ1n) is 10.1. The van der Waals surface area contributed by atoms with Crippen LogP contribution in [0.25, 0.3) is 23.0 Å². The highest BCUT2D eigenvalue weighted by molar-refractivity contribution is 5.74. The summed E-state index contributed by atoms with van der Waals surface area (Å²) in [6.07, 6.45) is 2.23. The van der Waals surface area contributed by atoms with Gasteiger partial charge < -0.3 is 15.3 Å². The van der Waals surface area contributed by atoms with Gasteiger partial charge in [-0.3, -0.25) is 4.79 Å². The second kappa shape index (κ2) is 8.83. The number of aliphatic hydroxyl groups is 2. The first-order valence-corrected chi connectivity index (χ1v) is 10.1. The van der Waals surface area contributed by atoms with Crippen molar-refractivity contribution in [2.75, 3.05) is 0 Å². The topological polar surface area (TPSA) is 95.6 Å². The van der Waals surface area contributed by atoms with Crippen molar-refractivity contribution in [2.24, 2.45) is 0 Å². The van der Waals surface area contributed by atoms with Crippen LogP contribution in [0, 0.1) is 5.82 Å². The van der Waals surface area contributed by atoms with Crippen LogP contribution in [0.3, 0.4) is 0 Å². The molecule has 2 atom stereocenters. The van der Waals surface area contributed by atoms with Crippen LogP contribution in [0.4, 0.5) is 4.39 Å². The number of aliphatic hydroxyl groups excluding tert-OH is 2. The average Bonchev–Trinajstić information content (AvgIpc) is 3.11. The molecule has 0 bridgehead atoms. The van der Waals surface area contributed by atoms with E-state index in [4.69, 9.17) is 10.2 Å². The predicted molar refractivity (Wildman–Crippen MR) is 114 cm³/mol. The second-order valence-corrected chi connectivity index (χ2v) is 7.67. The fourth-order valence-corrected chi connectivity index (χ4v) is 3.95. The molecular formula is C24H23FN2O4. The van der Waals surface area contributed by atoms with Crippen LogP contribution in [-0.4, -0.2) is 43.3 Å². The molecule has 1 aromatic heterocycles. The number of fused-ring (bicyclic) bond motifs is 3. The fraction of sp³-hybridized carbons (Fsp3) is 0.250. The largest absolute Gasteiger partial charge is 0.481 e. The minimum absolute atomic E-state index is 0.0848. The minimum Gasteiger partial charge on any atom is -0.481 e. The average molecular weight is 422 g/mol. The van der Waals surface area contributed by atoms with Gasteiger partial charge in [0.25, 0.3) is 0 Å². The number of carboxylic acids is 1. The Hall–Kier alpha value is -3.29. The third-order valence-corrected chi connectivity index (χ3v) is 5.41. The van der Waals surface area contributed by atoms with Crippen LogP contribution in [0.2, 0.25) is 0 Å². The van der Waals surface area contributed by atoms with Gasteiger partial charge in [0.1, 0.15) is 5.82 Å². The zero-order valence-electron chi connectivity index (χ0n) is 16.8. The lowest BCUT2D eigenvalue weighted by atomic mass is 9.89. The molecule has 3 N–H and O–H groups in total. The first kappa shape index (κ1) is 21.0. The molecule has 7 heteroatoms. The summed E-state index contributed by atoms with van der Waals surface area (Å²) >= 11 is 0. The van der Waals surface area contributed by atoms with Gasteiger partial charge in [0.15, 0.2) is 0 Å². The molecule has 1 heterocycles. The van der Waals surface area contributed by atoms with E-state index in [0.29, 0.717) is 5.69 Å². The van der Waals surface area contributed by atoms with Gasteiger partial charge in [0.2, 0.25) is 0 Å². The highest BCUT2D eigenvalue weighted by Gasteiger charge is 2.24. The van der Waals surface area contributed by atoms with E-state index in [-0.39, 0.29) is 12.2 Å². The highest BCUT2D eigenvalue weighted by Crippen LogP contribution is 2.36. The van der Waals surface area contributed by atoms with Gasteiger partial charge in [-0.05, 0) is 48.7 Å². The third kappa shape index (κ3) is 4.57. The number of aliphatic carboxylic acids is 1. The Balaban J connectivity index is 1.71. The van der Waals surface area contributed by atoms with Crippen molar-refractivity contribution in [2.45, 2.75) is 37.9 Å². The summed E-state index contributed by atoms with van der Waals surface area (Å²) < 4.78 is 15.2. The van der Waals surface area contributed by atoms with Gasteiger partial charge in [0.05, 0.1) is 35.7 Å². The maximum absolute atomic E-state index is 13.5. The molecule has 1 aliphatic carbocycles. The van der Waals surface area contributed by atoms with Crippen LogP contribution in [0.15, 0.2) is 54.6 Å². The Labute approximate surface area is 178 Å². The first-order chi connectivity index (χ1) is 14.9. The van der Waals surface area contributed by atoms with Crippen molar-refractivity contribution in [3.63, 3.8) is 0 Å². The van der Waals surface area contributed by atoms with Gasteiger partial charge in [0, 0.05) is 17.5 Å². The molecular weight excluding hydrogens is 399 g/mol. The summed E-state index contributed by atoms with van der Waals surface area (Å²) in [5, 5.41) is 33.6. The molecule has 3 aromatic rings. The predicted octanol–water partition coefficient (Wildman–Crippen LogP) is 3.38. The Bertz CT molecular complexity index is 1120. The molecule has 4 rings (SSSR count).